The molecule has 2 rings (SSSR count). The Morgan fingerprint density at radius 2 is 2.70 bits per heavy atom. The number of aryl methyl sites for hydroxylation is 1. The van der Waals surface area contributed by atoms with E-state index in [4.69, 9.17) is 4.74 Å². The van der Waals surface area contributed by atoms with Crippen molar-refractivity contribution in [1.29, 1.82) is 0 Å². The lowest BCUT2D eigenvalue weighted by atomic mass is 10.4. The minimum absolute atomic E-state index is 0.430. The third-order valence-corrected chi connectivity index (χ3v) is 1.56. The summed E-state index contributed by atoms with van der Waals surface area (Å²) in [5.41, 5.74) is 1.21. The van der Waals surface area contributed by atoms with Gasteiger partial charge < -0.3 is 4.74 Å². The molecule has 3 heteroatoms. The first-order valence-electron chi connectivity index (χ1n) is 3.45. The molecule has 2 heterocycles. The van der Waals surface area contributed by atoms with E-state index in [1.165, 1.54) is 5.56 Å². The molecule has 1 aromatic rings. The minimum atomic E-state index is 0.430. The second kappa shape index (κ2) is 2.09. The van der Waals surface area contributed by atoms with Gasteiger partial charge in [0.1, 0.15) is 6.10 Å². The predicted molar refractivity (Wildman–Crippen MR) is 36.7 cm³/mol. The van der Waals surface area contributed by atoms with Crippen LogP contribution in [0.1, 0.15) is 5.56 Å². The largest absolute Gasteiger partial charge is 0.371 e. The fourth-order valence-corrected chi connectivity index (χ4v) is 0.949. The van der Waals surface area contributed by atoms with Crippen molar-refractivity contribution in [2.75, 3.05) is 6.61 Å². The van der Waals surface area contributed by atoms with E-state index in [-0.39, 0.29) is 0 Å². The van der Waals surface area contributed by atoms with Crippen LogP contribution in [-0.4, -0.2) is 22.5 Å². The van der Waals surface area contributed by atoms with Crippen molar-refractivity contribution >= 4 is 0 Å². The van der Waals surface area contributed by atoms with Crippen LogP contribution in [0.5, 0.6) is 0 Å². The summed E-state index contributed by atoms with van der Waals surface area (Å²) in [6.45, 7) is 3.85. The van der Waals surface area contributed by atoms with Gasteiger partial charge in [-0.1, -0.05) is 0 Å². The van der Waals surface area contributed by atoms with E-state index in [1.54, 1.807) is 0 Å². The van der Waals surface area contributed by atoms with Gasteiger partial charge in [-0.15, -0.1) is 0 Å². The second-order valence-electron chi connectivity index (χ2n) is 2.70. The fourth-order valence-electron chi connectivity index (χ4n) is 0.949. The second-order valence-corrected chi connectivity index (χ2v) is 2.70. The van der Waals surface area contributed by atoms with E-state index >= 15 is 0 Å². The molecule has 1 fully saturated rings. The van der Waals surface area contributed by atoms with Crippen LogP contribution in [0.15, 0.2) is 12.4 Å². The van der Waals surface area contributed by atoms with Crippen molar-refractivity contribution in [3.8, 4) is 0 Å². The Bertz CT molecular complexity index is 227. The molecule has 1 aliphatic rings. The van der Waals surface area contributed by atoms with Gasteiger partial charge in [-0.05, 0) is 12.5 Å². The van der Waals surface area contributed by atoms with Crippen LogP contribution in [0.2, 0.25) is 0 Å². The summed E-state index contributed by atoms with van der Waals surface area (Å²) in [6, 6.07) is 0. The first-order valence-corrected chi connectivity index (χ1v) is 3.45. The first kappa shape index (κ1) is 5.92. The average molecular weight is 138 g/mol. The summed E-state index contributed by atoms with van der Waals surface area (Å²) in [6.07, 6.45) is 4.32. The highest BCUT2D eigenvalue weighted by molar-refractivity contribution is 4.99. The van der Waals surface area contributed by atoms with Gasteiger partial charge in [0, 0.05) is 6.20 Å². The van der Waals surface area contributed by atoms with E-state index in [9.17, 15) is 0 Å². The molecule has 0 aliphatic carbocycles. The molecule has 0 radical (unpaired) electrons. The quantitative estimate of drug-likeness (QED) is 0.560. The van der Waals surface area contributed by atoms with Crippen LogP contribution in [0.4, 0.5) is 0 Å². The summed E-state index contributed by atoms with van der Waals surface area (Å²) in [7, 11) is 0. The van der Waals surface area contributed by atoms with E-state index in [0.29, 0.717) is 6.10 Å². The Morgan fingerprint density at radius 1 is 1.90 bits per heavy atom. The Balaban J connectivity index is 2.03. The third kappa shape index (κ3) is 1.19. The standard InChI is InChI=1S/C7H10N2O/c1-6-2-8-9(3-6)4-7-5-10-7/h2-3,7H,4-5H2,1H3. The van der Waals surface area contributed by atoms with Gasteiger partial charge in [-0.3, -0.25) is 4.68 Å². The van der Waals surface area contributed by atoms with Gasteiger partial charge in [0.25, 0.3) is 0 Å². The third-order valence-electron chi connectivity index (χ3n) is 1.56. The summed E-state index contributed by atoms with van der Waals surface area (Å²) >= 11 is 0. The van der Waals surface area contributed by atoms with Crippen molar-refractivity contribution in [2.24, 2.45) is 0 Å². The molecule has 0 N–H and O–H groups in total. The van der Waals surface area contributed by atoms with Crippen molar-refractivity contribution in [3.05, 3.63) is 18.0 Å². The number of nitrogens with zero attached hydrogens (tertiary/aromatic N) is 2. The maximum atomic E-state index is 5.06. The summed E-state index contributed by atoms with van der Waals surface area (Å²) in [4.78, 5) is 0. The van der Waals surface area contributed by atoms with Gasteiger partial charge in [0.05, 0.1) is 19.3 Å². The fraction of sp³-hybridized carbons (Fsp3) is 0.571. The monoisotopic (exact) mass is 138 g/mol. The highest BCUT2D eigenvalue weighted by atomic mass is 16.6. The molecular weight excluding hydrogens is 128 g/mol. The molecule has 0 bridgehead atoms. The van der Waals surface area contributed by atoms with Crippen molar-refractivity contribution in [2.45, 2.75) is 19.6 Å². The molecule has 0 spiro atoms. The van der Waals surface area contributed by atoms with Crippen molar-refractivity contribution < 1.29 is 4.74 Å². The van der Waals surface area contributed by atoms with Crippen LogP contribution >= 0.6 is 0 Å². The Hall–Kier alpha value is -0.830. The van der Waals surface area contributed by atoms with Gasteiger partial charge in [0.15, 0.2) is 0 Å². The molecule has 1 atom stereocenters. The number of aromatic nitrogens is 2. The van der Waals surface area contributed by atoms with E-state index < -0.39 is 0 Å². The molecule has 1 aromatic heterocycles. The Kier molecular flexibility index (Phi) is 1.24. The van der Waals surface area contributed by atoms with E-state index in [1.807, 2.05) is 24.0 Å². The van der Waals surface area contributed by atoms with Gasteiger partial charge in [0.2, 0.25) is 0 Å². The van der Waals surface area contributed by atoms with Crippen LogP contribution in [0, 0.1) is 6.92 Å². The smallest absolute Gasteiger partial charge is 0.100 e. The minimum Gasteiger partial charge on any atom is -0.371 e. The van der Waals surface area contributed by atoms with Crippen LogP contribution in [-0.2, 0) is 11.3 Å². The zero-order valence-electron chi connectivity index (χ0n) is 5.95. The van der Waals surface area contributed by atoms with Gasteiger partial charge >= 0.3 is 0 Å². The van der Waals surface area contributed by atoms with E-state index in [2.05, 4.69) is 5.10 Å². The number of ether oxygens (including phenoxy) is 1. The zero-order chi connectivity index (χ0) is 6.97. The maximum Gasteiger partial charge on any atom is 0.100 e. The summed E-state index contributed by atoms with van der Waals surface area (Å²) in [5.74, 6) is 0. The molecule has 10 heavy (non-hydrogen) atoms. The normalized spacial score (nSPS) is 23.1. The maximum absolute atomic E-state index is 5.06. The topological polar surface area (TPSA) is 30.4 Å². The Labute approximate surface area is 59.6 Å². The number of hydrogen-bond donors (Lipinski definition) is 0. The van der Waals surface area contributed by atoms with E-state index in [0.717, 1.165) is 13.2 Å². The van der Waals surface area contributed by atoms with Gasteiger partial charge in [-0.2, -0.15) is 5.10 Å². The molecule has 0 saturated carbocycles. The Morgan fingerprint density at radius 3 is 3.20 bits per heavy atom. The van der Waals surface area contributed by atoms with Crippen LogP contribution in [0.25, 0.3) is 0 Å². The van der Waals surface area contributed by atoms with Crippen LogP contribution < -0.4 is 0 Å². The lowest BCUT2D eigenvalue weighted by Crippen LogP contribution is -2.03. The first-order chi connectivity index (χ1) is 4.84. The molecule has 54 valence electrons. The average Bonchev–Trinajstić information content (AvgIpc) is 2.59. The van der Waals surface area contributed by atoms with Crippen molar-refractivity contribution in [3.63, 3.8) is 0 Å². The van der Waals surface area contributed by atoms with Crippen molar-refractivity contribution in [1.82, 2.24) is 9.78 Å². The lowest BCUT2D eigenvalue weighted by molar-refractivity contribution is 0.373. The zero-order valence-corrected chi connectivity index (χ0v) is 5.95. The molecule has 1 unspecified atom stereocenters. The predicted octanol–water partition coefficient (Wildman–Crippen LogP) is 0.590. The summed E-state index contributed by atoms with van der Waals surface area (Å²) in [5, 5.41) is 4.13. The highest BCUT2D eigenvalue weighted by Crippen LogP contribution is 2.10. The SMILES string of the molecule is Cc1cnn(CC2CO2)c1. The highest BCUT2D eigenvalue weighted by Gasteiger charge is 2.22. The molecular formula is C7H10N2O. The number of rotatable bonds is 2. The number of hydrogen-bond acceptors (Lipinski definition) is 2. The molecule has 1 aliphatic heterocycles. The van der Waals surface area contributed by atoms with Crippen LogP contribution in [0.3, 0.4) is 0 Å². The molecule has 0 aromatic carbocycles. The van der Waals surface area contributed by atoms with Gasteiger partial charge in [-0.25, -0.2) is 0 Å². The lowest BCUT2D eigenvalue weighted by Gasteiger charge is -1.93. The molecule has 1 saturated heterocycles. The summed E-state index contributed by atoms with van der Waals surface area (Å²) < 4.78 is 6.98. The number of epoxide rings is 1. The molecule has 0 amide bonds. The molecule has 3 nitrogen and oxygen atoms in total.